The number of carbonyl (C=O) groups is 3. The Morgan fingerprint density at radius 2 is 1.71 bits per heavy atom. The summed E-state index contributed by atoms with van der Waals surface area (Å²) in [7, 11) is 2.93. The molecule has 0 bridgehead atoms. The summed E-state index contributed by atoms with van der Waals surface area (Å²) in [6, 6.07) is 15.6. The molecule has 180 valence electrons. The van der Waals surface area contributed by atoms with Crippen molar-refractivity contribution in [1.29, 1.82) is 0 Å². The molecule has 1 fully saturated rings. The summed E-state index contributed by atoms with van der Waals surface area (Å²) in [4.78, 5) is 42.3. The number of carbonyl (C=O) groups excluding carboxylic acids is 3. The number of nitrogens with zero attached hydrogens (tertiary/aromatic N) is 2. The van der Waals surface area contributed by atoms with Crippen LogP contribution in [0, 0.1) is 5.82 Å². The summed E-state index contributed by atoms with van der Waals surface area (Å²) < 4.78 is 24.0. The average Bonchev–Trinajstić information content (AvgIpc) is 3.16. The van der Waals surface area contributed by atoms with Crippen molar-refractivity contribution in [3.05, 3.63) is 88.7 Å². The van der Waals surface area contributed by atoms with E-state index in [4.69, 9.17) is 21.1 Å². The number of imide groups is 1. The molecular weight excluding hydrogens is 475 g/mol. The maximum Gasteiger partial charge on any atom is 0.257 e. The van der Waals surface area contributed by atoms with Crippen molar-refractivity contribution < 1.29 is 28.2 Å². The van der Waals surface area contributed by atoms with Crippen LogP contribution in [0.3, 0.4) is 0 Å². The van der Waals surface area contributed by atoms with Crippen LogP contribution in [0.25, 0.3) is 0 Å². The van der Waals surface area contributed by atoms with Gasteiger partial charge >= 0.3 is 0 Å². The van der Waals surface area contributed by atoms with Gasteiger partial charge in [-0.15, -0.1) is 0 Å². The predicted octanol–water partition coefficient (Wildman–Crippen LogP) is 4.47. The summed E-state index contributed by atoms with van der Waals surface area (Å²) in [6.45, 7) is -0.00615. The molecule has 35 heavy (non-hydrogen) atoms. The number of ether oxygens (including phenoxy) is 2. The Balaban J connectivity index is 1.73. The Hall–Kier alpha value is -3.91. The zero-order chi connectivity index (χ0) is 25.1. The molecule has 3 amide bonds. The molecule has 1 aliphatic rings. The quantitative estimate of drug-likeness (QED) is 0.451. The fraction of sp³-hybridized carbons (Fsp3) is 0.192. The minimum atomic E-state index is -1.08. The molecule has 1 saturated heterocycles. The molecule has 0 saturated carbocycles. The lowest BCUT2D eigenvalue weighted by atomic mass is 10.1. The van der Waals surface area contributed by atoms with Gasteiger partial charge in [0.05, 0.1) is 26.3 Å². The fourth-order valence-electron chi connectivity index (χ4n) is 3.99. The van der Waals surface area contributed by atoms with E-state index in [9.17, 15) is 18.8 Å². The Morgan fingerprint density at radius 3 is 2.37 bits per heavy atom. The van der Waals surface area contributed by atoms with Gasteiger partial charge in [-0.2, -0.15) is 0 Å². The number of hydrogen-bond donors (Lipinski definition) is 0. The lowest BCUT2D eigenvalue weighted by molar-refractivity contribution is -0.122. The average molecular weight is 497 g/mol. The molecule has 3 aromatic rings. The minimum absolute atomic E-state index is 0.00615. The van der Waals surface area contributed by atoms with Crippen LogP contribution < -0.4 is 14.4 Å². The van der Waals surface area contributed by atoms with Crippen LogP contribution in [-0.2, 0) is 16.1 Å². The van der Waals surface area contributed by atoms with Crippen LogP contribution in [0.1, 0.15) is 22.3 Å². The smallest absolute Gasteiger partial charge is 0.257 e. The normalized spacial score (nSPS) is 15.3. The van der Waals surface area contributed by atoms with E-state index in [2.05, 4.69) is 0 Å². The van der Waals surface area contributed by atoms with Crippen molar-refractivity contribution in [3.8, 4) is 11.5 Å². The molecule has 7 nitrogen and oxygen atoms in total. The second-order valence-electron chi connectivity index (χ2n) is 7.86. The second kappa shape index (κ2) is 10.1. The molecule has 1 aliphatic heterocycles. The van der Waals surface area contributed by atoms with E-state index in [1.165, 1.54) is 49.5 Å². The van der Waals surface area contributed by atoms with Crippen LogP contribution in [0.2, 0.25) is 5.02 Å². The van der Waals surface area contributed by atoms with Gasteiger partial charge in [0, 0.05) is 17.1 Å². The third-order valence-corrected chi connectivity index (χ3v) is 6.14. The molecule has 1 heterocycles. The molecule has 0 radical (unpaired) electrons. The van der Waals surface area contributed by atoms with Crippen LogP contribution in [0.5, 0.6) is 11.5 Å². The molecular formula is C26H22ClFN2O5. The minimum Gasteiger partial charge on any atom is -0.493 e. The molecule has 4 rings (SSSR count). The van der Waals surface area contributed by atoms with Gasteiger partial charge in [0.2, 0.25) is 5.91 Å². The molecule has 3 aromatic carbocycles. The number of hydrogen-bond acceptors (Lipinski definition) is 5. The Bertz CT molecular complexity index is 1280. The number of halogens is 2. The zero-order valence-corrected chi connectivity index (χ0v) is 19.8. The first kappa shape index (κ1) is 24.2. The summed E-state index contributed by atoms with van der Waals surface area (Å²) in [5.41, 5.74) is 1.10. The largest absolute Gasteiger partial charge is 0.493 e. The molecule has 0 aromatic heterocycles. The SMILES string of the molecule is COc1ccc(C(=O)N(Cc2ccccc2Cl)C2CC(=O)N(c3ccc(F)cc3)C2=O)cc1OC. The van der Waals surface area contributed by atoms with Crippen molar-refractivity contribution >= 4 is 35.0 Å². The molecule has 1 atom stereocenters. The van der Waals surface area contributed by atoms with Gasteiger partial charge in [-0.1, -0.05) is 29.8 Å². The van der Waals surface area contributed by atoms with E-state index in [0.717, 1.165) is 4.90 Å². The lowest BCUT2D eigenvalue weighted by Crippen LogP contribution is -2.45. The molecule has 0 spiro atoms. The first-order valence-electron chi connectivity index (χ1n) is 10.7. The van der Waals surface area contributed by atoms with Crippen LogP contribution in [0.15, 0.2) is 66.7 Å². The van der Waals surface area contributed by atoms with Gasteiger partial charge in [0.15, 0.2) is 11.5 Å². The third-order valence-electron chi connectivity index (χ3n) is 5.77. The van der Waals surface area contributed by atoms with Gasteiger partial charge in [-0.05, 0) is 54.1 Å². The van der Waals surface area contributed by atoms with Gasteiger partial charge in [0.25, 0.3) is 11.8 Å². The van der Waals surface area contributed by atoms with Crippen LogP contribution >= 0.6 is 11.6 Å². The maximum atomic E-state index is 13.7. The van der Waals surface area contributed by atoms with Crippen molar-refractivity contribution in [2.75, 3.05) is 19.1 Å². The van der Waals surface area contributed by atoms with E-state index >= 15 is 0 Å². The summed E-state index contributed by atoms with van der Waals surface area (Å²) >= 11 is 6.35. The Morgan fingerprint density at radius 1 is 1.03 bits per heavy atom. The number of methoxy groups -OCH3 is 2. The maximum absolute atomic E-state index is 13.7. The van der Waals surface area contributed by atoms with E-state index < -0.39 is 29.6 Å². The molecule has 9 heteroatoms. The van der Waals surface area contributed by atoms with E-state index in [1.54, 1.807) is 36.4 Å². The van der Waals surface area contributed by atoms with E-state index in [0.29, 0.717) is 22.1 Å². The zero-order valence-electron chi connectivity index (χ0n) is 19.0. The number of amides is 3. The number of rotatable bonds is 7. The van der Waals surface area contributed by atoms with Crippen LogP contribution in [-0.4, -0.2) is 42.9 Å². The second-order valence-corrected chi connectivity index (χ2v) is 8.27. The Kier molecular flexibility index (Phi) is 7.02. The first-order chi connectivity index (χ1) is 16.8. The molecule has 0 N–H and O–H groups in total. The third kappa shape index (κ3) is 4.83. The lowest BCUT2D eigenvalue weighted by Gasteiger charge is -2.28. The molecule has 0 aliphatic carbocycles. The summed E-state index contributed by atoms with van der Waals surface area (Å²) in [5.74, 6) is -1.26. The van der Waals surface area contributed by atoms with Crippen molar-refractivity contribution in [3.63, 3.8) is 0 Å². The highest BCUT2D eigenvalue weighted by Crippen LogP contribution is 2.32. The van der Waals surface area contributed by atoms with Gasteiger partial charge < -0.3 is 14.4 Å². The highest BCUT2D eigenvalue weighted by Gasteiger charge is 2.44. The van der Waals surface area contributed by atoms with Gasteiger partial charge in [-0.3, -0.25) is 14.4 Å². The fourth-order valence-corrected chi connectivity index (χ4v) is 4.19. The summed E-state index contributed by atoms with van der Waals surface area (Å²) in [6.07, 6.45) is -0.223. The van der Waals surface area contributed by atoms with E-state index in [-0.39, 0.29) is 24.2 Å². The number of anilines is 1. The highest BCUT2D eigenvalue weighted by molar-refractivity contribution is 6.31. The molecule has 1 unspecified atom stereocenters. The first-order valence-corrected chi connectivity index (χ1v) is 11.1. The van der Waals surface area contributed by atoms with Gasteiger partial charge in [0.1, 0.15) is 11.9 Å². The Labute approximate surface area is 206 Å². The summed E-state index contributed by atoms with van der Waals surface area (Å²) in [5, 5.41) is 0.421. The topological polar surface area (TPSA) is 76.2 Å². The standard InChI is InChI=1S/C26H22ClFN2O5/c1-34-22-12-7-16(13-23(22)35-2)25(32)29(15-17-5-3-4-6-20(17)27)21-14-24(31)30(26(21)33)19-10-8-18(28)9-11-19/h3-13,21H,14-15H2,1-2H3. The predicted molar refractivity (Wildman–Crippen MR) is 128 cm³/mol. The van der Waals surface area contributed by atoms with Crippen molar-refractivity contribution in [2.45, 2.75) is 19.0 Å². The number of benzene rings is 3. The van der Waals surface area contributed by atoms with Crippen molar-refractivity contribution in [1.82, 2.24) is 4.90 Å². The monoisotopic (exact) mass is 496 g/mol. The van der Waals surface area contributed by atoms with Crippen molar-refractivity contribution in [2.24, 2.45) is 0 Å². The van der Waals surface area contributed by atoms with E-state index in [1.807, 2.05) is 0 Å². The van der Waals surface area contributed by atoms with Crippen LogP contribution in [0.4, 0.5) is 10.1 Å². The highest BCUT2D eigenvalue weighted by atomic mass is 35.5. The van der Waals surface area contributed by atoms with Gasteiger partial charge in [-0.25, -0.2) is 9.29 Å².